The average molecular weight is 539 g/mol. The quantitative estimate of drug-likeness (QED) is 0.156. The van der Waals surface area contributed by atoms with Crippen LogP contribution in [0.5, 0.6) is 11.5 Å². The third kappa shape index (κ3) is 7.15. The molecule has 0 aliphatic rings. The molecule has 0 aliphatic heterocycles. The van der Waals surface area contributed by atoms with Crippen molar-refractivity contribution >= 4 is 17.5 Å². The van der Waals surface area contributed by atoms with Crippen LogP contribution in [0.15, 0.2) is 59.7 Å². The molecule has 14 heteroatoms. The minimum absolute atomic E-state index is 0.00579. The van der Waals surface area contributed by atoms with Crippen molar-refractivity contribution in [2.75, 3.05) is 19.0 Å². The number of H-pyrrole nitrogens is 1. The van der Waals surface area contributed by atoms with Gasteiger partial charge in [0, 0.05) is 42.2 Å². The molecule has 2 aromatic carbocycles. The SMILES string of the molecule is CC(=O)O.CCOc1cc(OC)cc(C(Nc2ccc(C(=N)N)cc2)c2nn(-c3ncccn3)c(=O)[nH]2)c1F. The Morgan fingerprint density at radius 3 is 2.46 bits per heavy atom. The summed E-state index contributed by atoms with van der Waals surface area (Å²) < 4.78 is 27.4. The number of carboxylic acids is 1. The number of benzene rings is 2. The Bertz CT molecular complexity index is 1480. The molecule has 0 aliphatic carbocycles. The highest BCUT2D eigenvalue weighted by molar-refractivity contribution is 5.95. The maximum absolute atomic E-state index is 15.6. The first-order valence-electron chi connectivity index (χ1n) is 11.5. The van der Waals surface area contributed by atoms with Crippen molar-refractivity contribution in [3.8, 4) is 17.4 Å². The summed E-state index contributed by atoms with van der Waals surface area (Å²) in [5, 5.41) is 22.5. The van der Waals surface area contributed by atoms with Crippen molar-refractivity contribution < 1.29 is 23.8 Å². The van der Waals surface area contributed by atoms with Gasteiger partial charge >= 0.3 is 5.69 Å². The predicted molar refractivity (Wildman–Crippen MR) is 140 cm³/mol. The summed E-state index contributed by atoms with van der Waals surface area (Å²) in [7, 11) is 1.46. The molecule has 0 bridgehead atoms. The smallest absolute Gasteiger partial charge is 0.350 e. The van der Waals surface area contributed by atoms with Crippen LogP contribution in [-0.2, 0) is 4.79 Å². The molecular formula is C25H27FN8O5. The highest BCUT2D eigenvalue weighted by atomic mass is 19.1. The lowest BCUT2D eigenvalue weighted by atomic mass is 10.0. The minimum atomic E-state index is -0.967. The number of nitrogen functional groups attached to an aromatic ring is 1. The van der Waals surface area contributed by atoms with E-state index in [2.05, 4.69) is 25.4 Å². The van der Waals surface area contributed by atoms with Crippen molar-refractivity contribution in [1.82, 2.24) is 24.7 Å². The normalized spacial score (nSPS) is 11.1. The number of nitrogens with two attached hydrogens (primary N) is 1. The summed E-state index contributed by atoms with van der Waals surface area (Å²) in [4.78, 5) is 32.4. The van der Waals surface area contributed by atoms with Gasteiger partial charge in [0.15, 0.2) is 17.4 Å². The van der Waals surface area contributed by atoms with Crippen LogP contribution in [0.1, 0.15) is 36.8 Å². The number of rotatable bonds is 9. The number of amidine groups is 1. The highest BCUT2D eigenvalue weighted by Crippen LogP contribution is 2.34. The van der Waals surface area contributed by atoms with Crippen LogP contribution in [0, 0.1) is 11.2 Å². The summed E-state index contributed by atoms with van der Waals surface area (Å²) in [6, 6.07) is 10.2. The summed E-state index contributed by atoms with van der Waals surface area (Å²) in [6.45, 7) is 3.06. The van der Waals surface area contributed by atoms with Gasteiger partial charge in [0.2, 0.25) is 0 Å². The van der Waals surface area contributed by atoms with Gasteiger partial charge in [-0.05, 0) is 43.3 Å². The Morgan fingerprint density at radius 2 is 1.90 bits per heavy atom. The fourth-order valence-corrected chi connectivity index (χ4v) is 3.39. The summed E-state index contributed by atoms with van der Waals surface area (Å²) >= 11 is 0. The zero-order valence-electron chi connectivity index (χ0n) is 21.3. The van der Waals surface area contributed by atoms with E-state index in [1.54, 1.807) is 37.3 Å². The molecule has 6 N–H and O–H groups in total. The van der Waals surface area contributed by atoms with E-state index in [1.165, 1.54) is 31.6 Å². The van der Waals surface area contributed by atoms with E-state index in [1.807, 2.05) is 0 Å². The number of anilines is 1. The maximum atomic E-state index is 15.6. The van der Waals surface area contributed by atoms with Crippen LogP contribution in [0.25, 0.3) is 5.95 Å². The molecule has 39 heavy (non-hydrogen) atoms. The van der Waals surface area contributed by atoms with Crippen LogP contribution < -0.4 is 26.2 Å². The fraction of sp³-hybridized carbons (Fsp3) is 0.200. The summed E-state index contributed by atoms with van der Waals surface area (Å²) in [6.07, 6.45) is 2.96. The van der Waals surface area contributed by atoms with Gasteiger partial charge in [-0.25, -0.2) is 19.2 Å². The lowest BCUT2D eigenvalue weighted by Crippen LogP contribution is -2.18. The number of hydrogen-bond acceptors (Lipinski definition) is 9. The van der Waals surface area contributed by atoms with Gasteiger partial charge in [0.25, 0.3) is 11.9 Å². The topological polar surface area (TPSA) is 194 Å². The van der Waals surface area contributed by atoms with Crippen molar-refractivity contribution in [1.29, 1.82) is 5.41 Å². The molecule has 4 aromatic rings. The number of ether oxygens (including phenoxy) is 2. The molecule has 0 saturated heterocycles. The molecule has 0 spiro atoms. The van der Waals surface area contributed by atoms with Crippen LogP contribution in [0.3, 0.4) is 0 Å². The Morgan fingerprint density at radius 1 is 1.26 bits per heavy atom. The minimum Gasteiger partial charge on any atom is -0.497 e. The summed E-state index contributed by atoms with van der Waals surface area (Å²) in [5.41, 5.74) is 6.15. The van der Waals surface area contributed by atoms with Crippen LogP contribution in [0.2, 0.25) is 0 Å². The Kier molecular flexibility index (Phi) is 9.29. The van der Waals surface area contributed by atoms with Crippen molar-refractivity contribution in [3.05, 3.63) is 88.1 Å². The standard InChI is InChI=1S/C23H23FN8O3.C2H4O2/c1-3-35-17-12-15(34-2)11-16(18(17)24)19(29-14-7-5-13(6-8-14)20(25)26)21-30-23(33)32(31-21)22-27-9-4-10-28-22;1-2(3)4/h4-12,19,29H,3H2,1-2H3,(H3,25,26)(H,30,31,33);1H3,(H,3,4). The molecule has 4 rings (SSSR count). The van der Waals surface area contributed by atoms with Gasteiger partial charge in [-0.3, -0.25) is 15.2 Å². The number of carboxylic acid groups (broad SMARTS) is 1. The Balaban J connectivity index is 0.000000983. The van der Waals surface area contributed by atoms with Crippen molar-refractivity contribution in [2.45, 2.75) is 19.9 Å². The van der Waals surface area contributed by atoms with E-state index in [9.17, 15) is 4.79 Å². The van der Waals surface area contributed by atoms with Gasteiger partial charge in [-0.2, -0.15) is 0 Å². The van der Waals surface area contributed by atoms with E-state index >= 15 is 4.39 Å². The molecule has 204 valence electrons. The zero-order valence-corrected chi connectivity index (χ0v) is 21.3. The molecule has 0 saturated carbocycles. The van der Waals surface area contributed by atoms with Gasteiger partial charge in [0.1, 0.15) is 17.6 Å². The van der Waals surface area contributed by atoms with Crippen LogP contribution >= 0.6 is 0 Å². The largest absolute Gasteiger partial charge is 0.497 e. The maximum Gasteiger partial charge on any atom is 0.350 e. The predicted octanol–water partition coefficient (Wildman–Crippen LogP) is 2.47. The van der Waals surface area contributed by atoms with Crippen molar-refractivity contribution in [3.63, 3.8) is 0 Å². The second-order valence-electron chi connectivity index (χ2n) is 7.83. The first kappa shape index (κ1) is 28.3. The van der Waals surface area contributed by atoms with Gasteiger partial charge in [-0.15, -0.1) is 9.78 Å². The molecule has 0 amide bonds. The van der Waals surface area contributed by atoms with E-state index < -0.39 is 23.5 Å². The molecule has 0 radical (unpaired) electrons. The van der Waals surface area contributed by atoms with E-state index in [4.69, 9.17) is 30.5 Å². The molecule has 2 heterocycles. The average Bonchev–Trinajstić information content (AvgIpc) is 3.30. The number of nitrogens with zero attached hydrogens (tertiary/aromatic N) is 4. The lowest BCUT2D eigenvalue weighted by molar-refractivity contribution is -0.134. The summed E-state index contributed by atoms with van der Waals surface area (Å²) in [5.74, 6) is -1.04. The third-order valence-corrected chi connectivity index (χ3v) is 5.04. The van der Waals surface area contributed by atoms with Gasteiger partial charge in [-0.1, -0.05) is 0 Å². The number of hydrogen-bond donors (Lipinski definition) is 5. The van der Waals surface area contributed by atoms with Crippen LogP contribution in [0.4, 0.5) is 10.1 Å². The monoisotopic (exact) mass is 538 g/mol. The Hall–Kier alpha value is -5.27. The number of aliphatic carboxylic acids is 1. The van der Waals surface area contributed by atoms with Gasteiger partial charge < -0.3 is 25.6 Å². The molecule has 1 unspecified atom stereocenters. The second kappa shape index (κ2) is 12.8. The third-order valence-electron chi connectivity index (χ3n) is 5.04. The number of aromatic amines is 1. The number of halogens is 1. The number of aromatic nitrogens is 5. The van der Waals surface area contributed by atoms with Crippen LogP contribution in [-0.4, -0.2) is 55.4 Å². The zero-order chi connectivity index (χ0) is 28.5. The number of methoxy groups -OCH3 is 1. The first-order chi connectivity index (χ1) is 18.6. The fourth-order valence-electron chi connectivity index (χ4n) is 3.39. The molecule has 13 nitrogen and oxygen atoms in total. The lowest BCUT2D eigenvalue weighted by Gasteiger charge is -2.21. The van der Waals surface area contributed by atoms with E-state index in [-0.39, 0.29) is 35.5 Å². The second-order valence-corrected chi connectivity index (χ2v) is 7.83. The molecule has 0 fully saturated rings. The highest BCUT2D eigenvalue weighted by Gasteiger charge is 2.27. The van der Waals surface area contributed by atoms with Gasteiger partial charge in [0.05, 0.1) is 13.7 Å². The van der Waals surface area contributed by atoms with Crippen molar-refractivity contribution in [2.24, 2.45) is 5.73 Å². The van der Waals surface area contributed by atoms with E-state index in [0.717, 1.165) is 11.6 Å². The molecular weight excluding hydrogens is 511 g/mol. The van der Waals surface area contributed by atoms with E-state index in [0.29, 0.717) is 17.0 Å². The number of nitrogens with one attached hydrogen (secondary N) is 3. The molecule has 1 atom stereocenters. The number of carbonyl (C=O) groups is 1. The Labute approximate surface area is 222 Å². The first-order valence-corrected chi connectivity index (χ1v) is 11.5. The molecule has 2 aromatic heterocycles.